The fraction of sp³-hybridized carbons (Fsp3) is 0.286. The van der Waals surface area contributed by atoms with Crippen molar-refractivity contribution in [1.82, 2.24) is 24.4 Å². The minimum absolute atomic E-state index is 0.302. The fourth-order valence-electron chi connectivity index (χ4n) is 3.48. The third kappa shape index (κ3) is 3.16. The van der Waals surface area contributed by atoms with Crippen LogP contribution in [0.2, 0.25) is 0 Å². The molecule has 0 spiro atoms. The van der Waals surface area contributed by atoms with Crippen molar-refractivity contribution in [3.05, 3.63) is 52.1 Å². The number of carbonyl (C=O) groups is 1. The maximum atomic E-state index is 12.7. The van der Waals surface area contributed by atoms with Gasteiger partial charge in [-0.05, 0) is 44.9 Å². The number of hydrogen-bond acceptors (Lipinski definition) is 4. The number of aryl methyl sites for hydroxylation is 2. The van der Waals surface area contributed by atoms with Gasteiger partial charge >= 0.3 is 0 Å². The number of aliphatic imine (C=N–C) groups is 1. The van der Waals surface area contributed by atoms with E-state index in [0.717, 1.165) is 23.0 Å². The first kappa shape index (κ1) is 18.8. The highest BCUT2D eigenvalue weighted by atomic mass is 16.1. The van der Waals surface area contributed by atoms with Crippen LogP contribution in [0.5, 0.6) is 0 Å². The van der Waals surface area contributed by atoms with E-state index in [0.29, 0.717) is 34.7 Å². The van der Waals surface area contributed by atoms with Crippen molar-refractivity contribution >= 4 is 28.2 Å². The van der Waals surface area contributed by atoms with Gasteiger partial charge < -0.3 is 4.98 Å². The summed E-state index contributed by atoms with van der Waals surface area (Å²) in [7, 11) is 0. The van der Waals surface area contributed by atoms with Gasteiger partial charge in [-0.2, -0.15) is 14.7 Å². The van der Waals surface area contributed by atoms with Crippen molar-refractivity contribution in [2.24, 2.45) is 4.99 Å². The van der Waals surface area contributed by atoms with Crippen molar-refractivity contribution in [1.29, 1.82) is 0 Å². The quantitative estimate of drug-likeness (QED) is 0.541. The van der Waals surface area contributed by atoms with Gasteiger partial charge in [0.25, 0.3) is 11.5 Å². The molecule has 0 saturated carbocycles. The lowest BCUT2D eigenvalue weighted by atomic mass is 10.1. The molecule has 1 amide bonds. The van der Waals surface area contributed by atoms with Gasteiger partial charge in [-0.1, -0.05) is 13.0 Å². The van der Waals surface area contributed by atoms with Crippen LogP contribution in [0, 0.1) is 0 Å². The number of aromatic nitrogens is 5. The van der Waals surface area contributed by atoms with Gasteiger partial charge in [0.05, 0.1) is 23.1 Å². The fourth-order valence-corrected chi connectivity index (χ4v) is 3.48. The number of carbonyl (C=O) groups excluding carboxylic acids is 1. The van der Waals surface area contributed by atoms with E-state index in [1.54, 1.807) is 20.0 Å². The lowest BCUT2D eigenvalue weighted by molar-refractivity contribution is 0.100. The second-order valence-electron chi connectivity index (χ2n) is 7.06. The molecule has 0 aliphatic heterocycles. The first-order valence-electron chi connectivity index (χ1n) is 9.60. The lowest BCUT2D eigenvalue weighted by Gasteiger charge is -2.05. The van der Waals surface area contributed by atoms with E-state index >= 15 is 0 Å². The molecule has 4 rings (SSSR count). The van der Waals surface area contributed by atoms with Crippen molar-refractivity contribution in [2.45, 2.75) is 40.7 Å². The molecule has 3 aromatic heterocycles. The molecule has 29 heavy (non-hydrogen) atoms. The number of H-pyrrole nitrogens is 1. The Bertz CT molecular complexity index is 1330. The monoisotopic (exact) mass is 390 g/mol. The van der Waals surface area contributed by atoms with Crippen LogP contribution in [0.15, 0.2) is 40.2 Å². The van der Waals surface area contributed by atoms with E-state index in [2.05, 4.69) is 20.2 Å². The third-order valence-electron chi connectivity index (χ3n) is 4.81. The predicted molar refractivity (Wildman–Crippen MR) is 113 cm³/mol. The Hall–Kier alpha value is -3.55. The minimum atomic E-state index is -0.399. The number of fused-ring (bicyclic) bond motifs is 2. The van der Waals surface area contributed by atoms with E-state index in [-0.39, 0.29) is 5.56 Å². The molecule has 3 heterocycles. The average Bonchev–Trinajstić information content (AvgIpc) is 3.27. The Labute approximate surface area is 166 Å². The minimum Gasteiger partial charge on any atom is -0.339 e. The van der Waals surface area contributed by atoms with E-state index < -0.39 is 5.91 Å². The highest BCUT2D eigenvalue weighted by Gasteiger charge is 2.21. The van der Waals surface area contributed by atoms with Crippen LogP contribution in [0.1, 0.15) is 43.7 Å². The number of nitrogens with one attached hydrogen (secondary N) is 1. The molecule has 0 unspecified atom stereocenters. The molecule has 0 atom stereocenters. The largest absolute Gasteiger partial charge is 0.339 e. The van der Waals surface area contributed by atoms with Gasteiger partial charge in [0, 0.05) is 23.7 Å². The first-order valence-corrected chi connectivity index (χ1v) is 9.60. The molecule has 4 aromatic rings. The van der Waals surface area contributed by atoms with Gasteiger partial charge in [-0.15, -0.1) is 0 Å². The topological polar surface area (TPSA) is 97.4 Å². The standard InChI is InChI=1S/C21H22N6O2/c1-5-15-19(21(29)23-12(3)4)20-24-16(10-18(28)27(20)25-15)13-7-8-17-14(9-13)11-22-26(17)6-2/h7-11,24H,5-6H2,1-4H3. The number of benzene rings is 1. The summed E-state index contributed by atoms with van der Waals surface area (Å²) in [6.07, 6.45) is 2.33. The second-order valence-corrected chi connectivity index (χ2v) is 7.06. The summed E-state index contributed by atoms with van der Waals surface area (Å²) in [6.45, 7) is 8.23. The number of nitrogens with zero attached hydrogens (tertiary/aromatic N) is 5. The summed E-state index contributed by atoms with van der Waals surface area (Å²) in [6, 6.07) is 7.38. The van der Waals surface area contributed by atoms with Crippen LogP contribution in [-0.2, 0) is 13.0 Å². The van der Waals surface area contributed by atoms with Crippen molar-refractivity contribution < 1.29 is 4.79 Å². The first-order chi connectivity index (χ1) is 13.9. The van der Waals surface area contributed by atoms with Gasteiger partial charge in [0.2, 0.25) is 0 Å². The number of rotatable bonds is 4. The van der Waals surface area contributed by atoms with Gasteiger partial charge in [-0.3, -0.25) is 14.3 Å². The van der Waals surface area contributed by atoms with Crippen molar-refractivity contribution in [3.8, 4) is 11.3 Å². The van der Waals surface area contributed by atoms with Crippen LogP contribution in [0.25, 0.3) is 27.8 Å². The molecule has 1 aromatic carbocycles. The molecule has 8 nitrogen and oxygen atoms in total. The maximum Gasteiger partial charge on any atom is 0.282 e. The van der Waals surface area contributed by atoms with Crippen LogP contribution in [0.4, 0.5) is 0 Å². The van der Waals surface area contributed by atoms with Crippen LogP contribution in [0.3, 0.4) is 0 Å². The zero-order valence-electron chi connectivity index (χ0n) is 16.9. The summed E-state index contributed by atoms with van der Waals surface area (Å²) >= 11 is 0. The Morgan fingerprint density at radius 3 is 2.69 bits per heavy atom. The van der Waals surface area contributed by atoms with Gasteiger partial charge in [0.15, 0.2) is 5.65 Å². The maximum absolute atomic E-state index is 12.7. The highest BCUT2D eigenvalue weighted by molar-refractivity contribution is 6.07. The molecule has 0 saturated heterocycles. The van der Waals surface area contributed by atoms with Gasteiger partial charge in [-0.25, -0.2) is 4.99 Å². The smallest absolute Gasteiger partial charge is 0.282 e. The summed E-state index contributed by atoms with van der Waals surface area (Å²) in [5.41, 5.74) is 4.07. The normalized spacial score (nSPS) is 11.3. The number of amides is 1. The summed E-state index contributed by atoms with van der Waals surface area (Å²) in [5.74, 6) is -0.399. The van der Waals surface area contributed by atoms with E-state index in [1.807, 2.05) is 36.7 Å². The molecular weight excluding hydrogens is 368 g/mol. The SMILES string of the molecule is CCc1nn2c(=O)cc(-c3ccc4c(cnn4CC)c3)[nH]c2c1C(=O)N=C(C)C. The zero-order chi connectivity index (χ0) is 20.7. The third-order valence-corrected chi connectivity index (χ3v) is 4.81. The molecule has 0 bridgehead atoms. The van der Waals surface area contributed by atoms with Crippen LogP contribution in [-0.4, -0.2) is 36.0 Å². The predicted octanol–water partition coefficient (Wildman–Crippen LogP) is 3.24. The molecule has 8 heteroatoms. The highest BCUT2D eigenvalue weighted by Crippen LogP contribution is 2.24. The van der Waals surface area contributed by atoms with E-state index in [4.69, 9.17) is 0 Å². The molecule has 0 fully saturated rings. The lowest BCUT2D eigenvalue weighted by Crippen LogP contribution is -2.15. The average molecular weight is 390 g/mol. The molecule has 0 aliphatic rings. The number of hydrogen-bond donors (Lipinski definition) is 1. The number of aromatic amines is 1. The Balaban J connectivity index is 1.94. The molecular formula is C21H22N6O2. The zero-order valence-corrected chi connectivity index (χ0v) is 16.9. The Morgan fingerprint density at radius 2 is 2.00 bits per heavy atom. The molecule has 148 valence electrons. The van der Waals surface area contributed by atoms with Crippen LogP contribution >= 0.6 is 0 Å². The van der Waals surface area contributed by atoms with Crippen molar-refractivity contribution in [2.75, 3.05) is 0 Å². The summed E-state index contributed by atoms with van der Waals surface area (Å²) in [4.78, 5) is 32.7. The van der Waals surface area contributed by atoms with Crippen LogP contribution < -0.4 is 5.56 Å². The second kappa shape index (κ2) is 7.12. The summed E-state index contributed by atoms with van der Waals surface area (Å²) in [5, 5.41) is 9.68. The summed E-state index contributed by atoms with van der Waals surface area (Å²) < 4.78 is 3.15. The molecule has 1 N–H and O–H groups in total. The Morgan fingerprint density at radius 1 is 1.21 bits per heavy atom. The van der Waals surface area contributed by atoms with Gasteiger partial charge in [0.1, 0.15) is 5.56 Å². The van der Waals surface area contributed by atoms with E-state index in [1.165, 1.54) is 10.6 Å². The Kier molecular flexibility index (Phi) is 4.62. The molecule has 0 aliphatic carbocycles. The molecule has 0 radical (unpaired) electrons. The van der Waals surface area contributed by atoms with Crippen molar-refractivity contribution in [3.63, 3.8) is 0 Å². The van der Waals surface area contributed by atoms with E-state index in [9.17, 15) is 9.59 Å².